The van der Waals surface area contributed by atoms with Crippen molar-refractivity contribution in [2.75, 3.05) is 0 Å². The number of amides is 1. The number of hydrogen-bond donors (Lipinski definition) is 2. The number of hydrogen-bond acceptors (Lipinski definition) is 7. The van der Waals surface area contributed by atoms with E-state index < -0.39 is 18.4 Å². The molecule has 44 heavy (non-hydrogen) atoms. The number of aromatic nitrogens is 2. The quantitative estimate of drug-likeness (QED) is 0.200. The standard InChI is InChI=1S/C33H33Cl2N3O6/c1-20(42-21(2)40)32(41)36-16-23-4-3-5-27(14-23)24-10-12-26(13-11-24)33-43-28(17-38-19-37-30(34)31(38)35)15-29(44-33)25-8-6-22(18-39)7-9-25/h3-14,19-20,28-29,33,39H,15-18H2,1-2H3,(H,36,41). The number of aliphatic hydroxyl groups excluding tert-OH is 1. The third-order valence-electron chi connectivity index (χ3n) is 7.37. The second kappa shape index (κ2) is 14.4. The van der Waals surface area contributed by atoms with Gasteiger partial charge in [0, 0.05) is 25.5 Å². The highest BCUT2D eigenvalue weighted by molar-refractivity contribution is 6.40. The summed E-state index contributed by atoms with van der Waals surface area (Å²) < 4.78 is 19.6. The van der Waals surface area contributed by atoms with Gasteiger partial charge in [-0.05, 0) is 40.8 Å². The molecule has 1 amide bonds. The van der Waals surface area contributed by atoms with Crippen molar-refractivity contribution in [3.63, 3.8) is 0 Å². The molecule has 0 aliphatic carbocycles. The number of nitrogens with one attached hydrogen (secondary N) is 1. The highest BCUT2D eigenvalue weighted by Crippen LogP contribution is 2.39. The van der Waals surface area contributed by atoms with Crippen LogP contribution in [0.4, 0.5) is 0 Å². The van der Waals surface area contributed by atoms with Crippen molar-refractivity contribution in [1.82, 2.24) is 14.9 Å². The van der Waals surface area contributed by atoms with Gasteiger partial charge >= 0.3 is 5.97 Å². The van der Waals surface area contributed by atoms with Crippen LogP contribution in [0.25, 0.3) is 11.1 Å². The number of carbonyl (C=O) groups is 2. The number of carbonyl (C=O) groups excluding carboxylic acids is 2. The van der Waals surface area contributed by atoms with E-state index in [1.165, 1.54) is 13.8 Å². The fraction of sp³-hybridized carbons (Fsp3) is 0.303. The molecule has 1 aromatic heterocycles. The monoisotopic (exact) mass is 637 g/mol. The first-order valence-corrected chi connectivity index (χ1v) is 15.0. The molecule has 11 heteroatoms. The molecule has 1 aliphatic heterocycles. The molecule has 1 aliphatic rings. The van der Waals surface area contributed by atoms with Crippen LogP contribution in [0.2, 0.25) is 10.3 Å². The molecule has 9 nitrogen and oxygen atoms in total. The molecule has 4 unspecified atom stereocenters. The van der Waals surface area contributed by atoms with E-state index in [1.807, 2.05) is 72.8 Å². The Morgan fingerprint density at radius 1 is 1.02 bits per heavy atom. The Bertz CT molecular complexity index is 1590. The van der Waals surface area contributed by atoms with Crippen LogP contribution in [0.5, 0.6) is 0 Å². The second-order valence-electron chi connectivity index (χ2n) is 10.6. The van der Waals surface area contributed by atoms with Gasteiger partial charge in [-0.15, -0.1) is 0 Å². The smallest absolute Gasteiger partial charge is 0.303 e. The maximum atomic E-state index is 12.2. The van der Waals surface area contributed by atoms with Crippen molar-refractivity contribution >= 4 is 35.1 Å². The van der Waals surface area contributed by atoms with E-state index >= 15 is 0 Å². The fourth-order valence-electron chi connectivity index (χ4n) is 5.05. The maximum Gasteiger partial charge on any atom is 0.303 e. The van der Waals surface area contributed by atoms with Gasteiger partial charge in [0.25, 0.3) is 5.91 Å². The van der Waals surface area contributed by atoms with E-state index in [0.717, 1.165) is 33.4 Å². The van der Waals surface area contributed by atoms with Crippen LogP contribution >= 0.6 is 23.2 Å². The molecule has 2 N–H and O–H groups in total. The molecule has 4 aromatic rings. The highest BCUT2D eigenvalue weighted by Gasteiger charge is 2.33. The molecule has 0 saturated carbocycles. The summed E-state index contributed by atoms with van der Waals surface area (Å²) in [6.07, 6.45) is 0.194. The van der Waals surface area contributed by atoms with Crippen LogP contribution in [-0.4, -0.2) is 38.7 Å². The number of imidazole rings is 1. The molecule has 230 valence electrons. The minimum absolute atomic E-state index is 0.0285. The minimum atomic E-state index is -0.860. The molecule has 0 bridgehead atoms. The van der Waals surface area contributed by atoms with Crippen molar-refractivity contribution in [1.29, 1.82) is 0 Å². The largest absolute Gasteiger partial charge is 0.453 e. The Hall–Kier alpha value is -3.73. The first kappa shape index (κ1) is 31.7. The summed E-state index contributed by atoms with van der Waals surface area (Å²) in [7, 11) is 0. The molecule has 0 spiro atoms. The molecule has 2 heterocycles. The lowest BCUT2D eigenvalue weighted by Crippen LogP contribution is -2.35. The molecule has 1 saturated heterocycles. The van der Waals surface area contributed by atoms with E-state index in [1.54, 1.807) is 10.9 Å². The van der Waals surface area contributed by atoms with Gasteiger partial charge in [-0.3, -0.25) is 9.59 Å². The molecular formula is C33H33Cl2N3O6. The van der Waals surface area contributed by atoms with Crippen molar-refractivity contribution in [3.05, 3.63) is 112 Å². The van der Waals surface area contributed by atoms with Crippen molar-refractivity contribution < 1.29 is 28.9 Å². The zero-order chi connectivity index (χ0) is 31.2. The Morgan fingerprint density at radius 2 is 1.75 bits per heavy atom. The first-order valence-electron chi connectivity index (χ1n) is 14.2. The Morgan fingerprint density at radius 3 is 2.41 bits per heavy atom. The maximum absolute atomic E-state index is 12.2. The Kier molecular flexibility index (Phi) is 10.3. The predicted octanol–water partition coefficient (Wildman–Crippen LogP) is 6.16. The van der Waals surface area contributed by atoms with Gasteiger partial charge < -0.3 is 29.2 Å². The summed E-state index contributed by atoms with van der Waals surface area (Å²) in [5, 5.41) is 12.9. The summed E-state index contributed by atoms with van der Waals surface area (Å²) in [5.41, 5.74) is 5.54. The highest BCUT2D eigenvalue weighted by atomic mass is 35.5. The van der Waals surface area contributed by atoms with Crippen LogP contribution in [0, 0.1) is 0 Å². The summed E-state index contributed by atoms with van der Waals surface area (Å²) in [6, 6.07) is 23.5. The van der Waals surface area contributed by atoms with Gasteiger partial charge in [0.15, 0.2) is 17.5 Å². The lowest BCUT2D eigenvalue weighted by molar-refractivity contribution is -0.252. The van der Waals surface area contributed by atoms with Crippen LogP contribution in [0.1, 0.15) is 54.9 Å². The summed E-state index contributed by atoms with van der Waals surface area (Å²) in [5.74, 6) is -0.862. The molecule has 1 fully saturated rings. The van der Waals surface area contributed by atoms with Crippen molar-refractivity contribution in [3.8, 4) is 11.1 Å². The zero-order valence-corrected chi connectivity index (χ0v) is 25.8. The number of halogens is 2. The first-order chi connectivity index (χ1) is 21.2. The Balaban J connectivity index is 1.31. The van der Waals surface area contributed by atoms with E-state index in [0.29, 0.717) is 24.7 Å². The summed E-state index contributed by atoms with van der Waals surface area (Å²) >= 11 is 12.4. The SMILES string of the molecule is CC(=O)OC(C)C(=O)NCc1cccc(-c2ccc(C3OC(Cn4cnc(Cl)c4Cl)CC(c4ccc(CO)cc4)O3)cc2)c1. The van der Waals surface area contributed by atoms with E-state index in [9.17, 15) is 14.7 Å². The number of nitrogens with zero attached hydrogens (tertiary/aromatic N) is 2. The van der Waals surface area contributed by atoms with E-state index in [4.69, 9.17) is 37.4 Å². The average molecular weight is 639 g/mol. The van der Waals surface area contributed by atoms with Gasteiger partial charge in [-0.1, -0.05) is 89.9 Å². The van der Waals surface area contributed by atoms with Gasteiger partial charge in [0.05, 0.1) is 31.7 Å². The molecule has 0 radical (unpaired) electrons. The predicted molar refractivity (Wildman–Crippen MR) is 166 cm³/mol. The van der Waals surface area contributed by atoms with Crippen LogP contribution in [0.3, 0.4) is 0 Å². The Labute approximate surface area is 265 Å². The van der Waals surface area contributed by atoms with Crippen LogP contribution in [0.15, 0.2) is 79.1 Å². The normalized spacial score (nSPS) is 18.9. The van der Waals surface area contributed by atoms with Crippen molar-refractivity contribution in [2.45, 2.75) is 64.6 Å². The molecule has 5 rings (SSSR count). The molecule has 4 atom stereocenters. The molecule has 3 aromatic carbocycles. The lowest BCUT2D eigenvalue weighted by atomic mass is 9.99. The number of esters is 1. The van der Waals surface area contributed by atoms with Crippen LogP contribution in [-0.2, 0) is 43.5 Å². The zero-order valence-electron chi connectivity index (χ0n) is 24.3. The average Bonchev–Trinajstić information content (AvgIpc) is 3.35. The third-order valence-corrected chi connectivity index (χ3v) is 8.14. The lowest BCUT2D eigenvalue weighted by Gasteiger charge is -2.36. The minimum Gasteiger partial charge on any atom is -0.453 e. The van der Waals surface area contributed by atoms with Gasteiger partial charge in [-0.25, -0.2) is 4.98 Å². The number of aliphatic hydroxyl groups is 1. The van der Waals surface area contributed by atoms with Crippen LogP contribution < -0.4 is 5.32 Å². The second-order valence-corrected chi connectivity index (χ2v) is 11.3. The van der Waals surface area contributed by atoms with Gasteiger partial charge in [0.1, 0.15) is 5.15 Å². The van der Waals surface area contributed by atoms with E-state index in [-0.39, 0.29) is 29.9 Å². The van der Waals surface area contributed by atoms with Gasteiger partial charge in [-0.2, -0.15) is 0 Å². The fourth-order valence-corrected chi connectivity index (χ4v) is 5.37. The number of ether oxygens (including phenoxy) is 3. The van der Waals surface area contributed by atoms with E-state index in [2.05, 4.69) is 10.3 Å². The number of rotatable bonds is 10. The number of benzene rings is 3. The summed E-state index contributed by atoms with van der Waals surface area (Å²) in [6.45, 7) is 3.53. The topological polar surface area (TPSA) is 112 Å². The van der Waals surface area contributed by atoms with Gasteiger partial charge in [0.2, 0.25) is 0 Å². The third kappa shape index (κ3) is 7.85. The molecular weight excluding hydrogens is 605 g/mol. The summed E-state index contributed by atoms with van der Waals surface area (Å²) in [4.78, 5) is 27.5. The van der Waals surface area contributed by atoms with Crippen molar-refractivity contribution in [2.24, 2.45) is 0 Å².